The van der Waals surface area contributed by atoms with Gasteiger partial charge in [0.25, 0.3) is 0 Å². The molecular weight excluding hydrogens is 404 g/mol. The van der Waals surface area contributed by atoms with E-state index in [2.05, 4.69) is 55.6 Å². The molecule has 4 rings (SSSR count). The molecule has 26 heavy (non-hydrogen) atoms. The van der Waals surface area contributed by atoms with Gasteiger partial charge in [-0.25, -0.2) is 9.98 Å². The van der Waals surface area contributed by atoms with Crippen LogP contribution >= 0.6 is 27.3 Å². The summed E-state index contributed by atoms with van der Waals surface area (Å²) < 4.78 is 1.07. The van der Waals surface area contributed by atoms with E-state index in [1.165, 1.54) is 43.2 Å². The number of hydrogen-bond acceptors (Lipinski definition) is 3. The van der Waals surface area contributed by atoms with Crippen LogP contribution in [0.4, 0.5) is 5.13 Å². The van der Waals surface area contributed by atoms with Crippen LogP contribution in [0.25, 0.3) is 11.3 Å². The highest BCUT2D eigenvalue weighted by Crippen LogP contribution is 2.34. The Hall–Kier alpha value is -1.78. The maximum absolute atomic E-state index is 4.67. The number of benzene rings is 2. The maximum Gasteiger partial charge on any atom is 0.209 e. The average molecular weight is 425 g/mol. The molecule has 4 heteroatoms. The predicted molar refractivity (Wildman–Crippen MR) is 115 cm³/mol. The van der Waals surface area contributed by atoms with E-state index in [1.807, 2.05) is 30.5 Å². The summed E-state index contributed by atoms with van der Waals surface area (Å²) >= 11 is 5.03. The number of hydrogen-bond donors (Lipinski definition) is 0. The van der Waals surface area contributed by atoms with Crippen LogP contribution in [0.15, 0.2) is 63.4 Å². The lowest BCUT2D eigenvalue weighted by Crippen LogP contribution is -2.04. The van der Waals surface area contributed by atoms with E-state index in [4.69, 9.17) is 0 Å². The van der Waals surface area contributed by atoms with Crippen LogP contribution in [0.2, 0.25) is 0 Å². The van der Waals surface area contributed by atoms with Crippen molar-refractivity contribution in [1.29, 1.82) is 0 Å². The Morgan fingerprint density at radius 3 is 2.42 bits per heavy atom. The van der Waals surface area contributed by atoms with Crippen molar-refractivity contribution in [1.82, 2.24) is 4.98 Å². The van der Waals surface area contributed by atoms with Crippen molar-refractivity contribution < 1.29 is 0 Å². The number of rotatable bonds is 4. The van der Waals surface area contributed by atoms with Crippen LogP contribution in [0.5, 0.6) is 0 Å². The van der Waals surface area contributed by atoms with E-state index in [0.717, 1.165) is 26.8 Å². The molecule has 0 amide bonds. The number of aromatic nitrogens is 1. The summed E-state index contributed by atoms with van der Waals surface area (Å²) in [6.45, 7) is 0. The smallest absolute Gasteiger partial charge is 0.209 e. The zero-order valence-corrected chi connectivity index (χ0v) is 17.0. The first-order valence-electron chi connectivity index (χ1n) is 9.13. The molecule has 2 aromatic carbocycles. The molecule has 0 saturated heterocycles. The molecule has 132 valence electrons. The second-order valence-electron chi connectivity index (χ2n) is 6.78. The van der Waals surface area contributed by atoms with Crippen molar-refractivity contribution in [3.63, 3.8) is 0 Å². The molecule has 0 spiro atoms. The first kappa shape index (κ1) is 17.6. The van der Waals surface area contributed by atoms with Crippen LogP contribution < -0.4 is 0 Å². The Kier molecular flexibility index (Phi) is 5.61. The minimum absolute atomic E-state index is 0.749. The summed E-state index contributed by atoms with van der Waals surface area (Å²) in [4.78, 5) is 9.18. The highest BCUT2D eigenvalue weighted by molar-refractivity contribution is 9.10. The third-order valence-electron chi connectivity index (χ3n) is 4.97. The zero-order valence-electron chi connectivity index (χ0n) is 14.6. The average Bonchev–Trinajstić information content (AvgIpc) is 3.17. The first-order chi connectivity index (χ1) is 12.8. The van der Waals surface area contributed by atoms with Gasteiger partial charge in [0.2, 0.25) is 5.13 Å². The van der Waals surface area contributed by atoms with Gasteiger partial charge in [0.1, 0.15) is 0 Å². The largest absolute Gasteiger partial charge is 0.227 e. The normalized spacial score (nSPS) is 15.6. The Balaban J connectivity index is 1.46. The van der Waals surface area contributed by atoms with Gasteiger partial charge in [-0.15, -0.1) is 11.3 Å². The van der Waals surface area contributed by atoms with E-state index >= 15 is 0 Å². The molecule has 1 aliphatic rings. The van der Waals surface area contributed by atoms with Crippen LogP contribution in [0.1, 0.15) is 49.1 Å². The summed E-state index contributed by atoms with van der Waals surface area (Å²) in [7, 11) is 0. The van der Waals surface area contributed by atoms with Crippen molar-refractivity contribution in [2.75, 3.05) is 0 Å². The molecule has 3 aromatic rings. The molecule has 0 unspecified atom stereocenters. The molecule has 0 aliphatic heterocycles. The van der Waals surface area contributed by atoms with Gasteiger partial charge in [0.15, 0.2) is 0 Å². The Morgan fingerprint density at radius 1 is 0.962 bits per heavy atom. The van der Waals surface area contributed by atoms with Crippen LogP contribution in [-0.2, 0) is 0 Å². The van der Waals surface area contributed by atoms with Gasteiger partial charge in [0, 0.05) is 21.6 Å². The fourth-order valence-corrected chi connectivity index (χ4v) is 4.43. The van der Waals surface area contributed by atoms with E-state index in [0.29, 0.717) is 0 Å². The minimum atomic E-state index is 0.749. The summed E-state index contributed by atoms with van der Waals surface area (Å²) in [5.74, 6) is 0.749. The molecular formula is C22H21BrN2S. The molecule has 0 N–H and O–H groups in total. The van der Waals surface area contributed by atoms with Gasteiger partial charge in [-0.2, -0.15) is 0 Å². The molecule has 2 nitrogen and oxygen atoms in total. The van der Waals surface area contributed by atoms with Gasteiger partial charge in [-0.3, -0.25) is 0 Å². The fraction of sp³-hybridized carbons (Fsp3) is 0.273. The van der Waals surface area contributed by atoms with Crippen molar-refractivity contribution >= 4 is 38.6 Å². The number of nitrogens with zero attached hydrogens (tertiary/aromatic N) is 2. The molecule has 0 bridgehead atoms. The second-order valence-corrected chi connectivity index (χ2v) is 8.53. The quantitative estimate of drug-likeness (QED) is 0.401. The fourth-order valence-electron chi connectivity index (χ4n) is 3.50. The standard InChI is InChI=1S/C22H21BrN2S/c23-20-12-6-16(7-13-20)14-24-22-25-21(15-26-22)19-10-8-18(9-11-19)17-4-2-1-3-5-17/h6-15,17H,1-5H2. The van der Waals surface area contributed by atoms with E-state index in [-0.39, 0.29) is 0 Å². The highest BCUT2D eigenvalue weighted by Gasteiger charge is 2.15. The lowest BCUT2D eigenvalue weighted by Gasteiger charge is -2.22. The third kappa shape index (κ3) is 4.30. The Morgan fingerprint density at radius 2 is 1.69 bits per heavy atom. The van der Waals surface area contributed by atoms with Gasteiger partial charge in [-0.1, -0.05) is 71.6 Å². The highest BCUT2D eigenvalue weighted by atomic mass is 79.9. The summed E-state index contributed by atoms with van der Waals surface area (Å²) in [6.07, 6.45) is 8.69. The molecule has 1 aromatic heterocycles. The van der Waals surface area contributed by atoms with Crippen molar-refractivity contribution in [3.8, 4) is 11.3 Å². The van der Waals surface area contributed by atoms with Crippen LogP contribution in [0, 0.1) is 0 Å². The zero-order chi connectivity index (χ0) is 17.8. The van der Waals surface area contributed by atoms with E-state index in [9.17, 15) is 0 Å². The van der Waals surface area contributed by atoms with Crippen molar-refractivity contribution in [2.24, 2.45) is 4.99 Å². The lowest BCUT2D eigenvalue weighted by atomic mass is 9.84. The minimum Gasteiger partial charge on any atom is -0.227 e. The monoisotopic (exact) mass is 424 g/mol. The summed E-state index contributed by atoms with van der Waals surface area (Å²) in [5.41, 5.74) is 4.73. The molecule has 1 aliphatic carbocycles. The molecule has 1 heterocycles. The maximum atomic E-state index is 4.67. The predicted octanol–water partition coefficient (Wildman–Crippen LogP) is 7.37. The molecule has 1 fully saturated rings. The van der Waals surface area contributed by atoms with E-state index in [1.54, 1.807) is 11.3 Å². The van der Waals surface area contributed by atoms with Crippen molar-refractivity contribution in [2.45, 2.75) is 38.0 Å². The Bertz CT molecular complexity index is 875. The van der Waals surface area contributed by atoms with E-state index < -0.39 is 0 Å². The topological polar surface area (TPSA) is 25.2 Å². The summed E-state index contributed by atoms with van der Waals surface area (Å²) in [5, 5.41) is 2.88. The van der Waals surface area contributed by atoms with Gasteiger partial charge in [-0.05, 0) is 42.0 Å². The van der Waals surface area contributed by atoms with Gasteiger partial charge in [0.05, 0.1) is 5.69 Å². The lowest BCUT2D eigenvalue weighted by molar-refractivity contribution is 0.443. The SMILES string of the molecule is Brc1ccc(C=Nc2nc(-c3ccc(C4CCCCC4)cc3)cs2)cc1. The number of thiazole rings is 1. The van der Waals surface area contributed by atoms with Crippen molar-refractivity contribution in [3.05, 3.63) is 69.5 Å². The number of halogens is 1. The third-order valence-corrected chi connectivity index (χ3v) is 6.25. The molecule has 0 atom stereocenters. The Labute approximate surface area is 167 Å². The van der Waals surface area contributed by atoms with Crippen LogP contribution in [0.3, 0.4) is 0 Å². The van der Waals surface area contributed by atoms with Gasteiger partial charge >= 0.3 is 0 Å². The number of aliphatic imine (C=N–C) groups is 1. The molecule has 0 radical (unpaired) electrons. The van der Waals surface area contributed by atoms with Crippen LogP contribution in [-0.4, -0.2) is 11.2 Å². The van der Waals surface area contributed by atoms with Gasteiger partial charge < -0.3 is 0 Å². The summed E-state index contributed by atoms with van der Waals surface area (Å²) in [6, 6.07) is 17.1. The molecule has 1 saturated carbocycles. The second kappa shape index (κ2) is 8.28. The first-order valence-corrected chi connectivity index (χ1v) is 10.8.